The minimum Gasteiger partial charge on any atom is -0.497 e. The van der Waals surface area contributed by atoms with Crippen molar-refractivity contribution in [3.63, 3.8) is 0 Å². The smallest absolute Gasteiger partial charge is 0.261 e. The van der Waals surface area contributed by atoms with Crippen molar-refractivity contribution in [1.29, 1.82) is 0 Å². The number of amides is 3. The molecule has 34 heavy (non-hydrogen) atoms. The summed E-state index contributed by atoms with van der Waals surface area (Å²) in [7, 11) is 1.57. The number of carbonyl (C=O) groups excluding carboxylic acids is 3. The number of aromatic nitrogens is 2. The van der Waals surface area contributed by atoms with E-state index in [0.29, 0.717) is 22.3 Å². The Bertz CT molecular complexity index is 1400. The number of carbonyl (C=O) groups is 3. The first-order valence-electron chi connectivity index (χ1n) is 10.3. The lowest BCUT2D eigenvalue weighted by atomic mass is 10.1. The maximum Gasteiger partial charge on any atom is 0.261 e. The fourth-order valence-corrected chi connectivity index (χ4v) is 4.32. The van der Waals surface area contributed by atoms with E-state index in [4.69, 9.17) is 4.74 Å². The van der Waals surface area contributed by atoms with Crippen LogP contribution in [0.2, 0.25) is 0 Å². The normalized spacial score (nSPS) is 12.6. The summed E-state index contributed by atoms with van der Waals surface area (Å²) in [6.07, 6.45) is 1.67. The molecule has 3 amide bonds. The second-order valence-corrected chi connectivity index (χ2v) is 8.37. The Morgan fingerprint density at radius 2 is 1.79 bits per heavy atom. The van der Waals surface area contributed by atoms with Gasteiger partial charge in [-0.25, -0.2) is 4.98 Å². The summed E-state index contributed by atoms with van der Waals surface area (Å²) in [5.41, 5.74) is 2.91. The van der Waals surface area contributed by atoms with Gasteiger partial charge in [0.2, 0.25) is 0 Å². The maximum absolute atomic E-state index is 13.0. The zero-order chi connectivity index (χ0) is 23.7. The van der Waals surface area contributed by atoms with E-state index in [1.54, 1.807) is 43.0 Å². The standard InChI is InChI=1S/C25H18N4O4S/c1-33-17-8-5-15(6-9-17)13-29-23(31)18-10-7-16(12-19(18)24(29)32)22(30)28-25-27-21(14-34-25)20-4-2-3-11-26-20/h2-12,14H,13H2,1H3,(H,27,28,30). The third kappa shape index (κ3) is 4.04. The second-order valence-electron chi connectivity index (χ2n) is 7.51. The number of anilines is 1. The van der Waals surface area contributed by atoms with E-state index < -0.39 is 11.8 Å². The Balaban J connectivity index is 1.32. The molecule has 2 aromatic carbocycles. The Morgan fingerprint density at radius 1 is 1.00 bits per heavy atom. The van der Waals surface area contributed by atoms with Gasteiger partial charge in [0, 0.05) is 17.1 Å². The van der Waals surface area contributed by atoms with E-state index in [2.05, 4.69) is 15.3 Å². The van der Waals surface area contributed by atoms with E-state index in [1.807, 2.05) is 18.2 Å². The van der Waals surface area contributed by atoms with Crippen molar-refractivity contribution in [2.45, 2.75) is 6.54 Å². The molecule has 0 saturated heterocycles. The highest BCUT2D eigenvalue weighted by Gasteiger charge is 2.36. The fourth-order valence-electron chi connectivity index (χ4n) is 3.62. The summed E-state index contributed by atoms with van der Waals surface area (Å²) in [4.78, 5) is 48.4. The maximum atomic E-state index is 13.0. The van der Waals surface area contributed by atoms with E-state index >= 15 is 0 Å². The molecule has 168 valence electrons. The summed E-state index contributed by atoms with van der Waals surface area (Å²) in [5.74, 6) is -0.549. The summed E-state index contributed by atoms with van der Waals surface area (Å²) < 4.78 is 5.14. The lowest BCUT2D eigenvalue weighted by Crippen LogP contribution is -2.29. The van der Waals surface area contributed by atoms with Crippen LogP contribution < -0.4 is 10.1 Å². The molecule has 1 aliphatic heterocycles. The van der Waals surface area contributed by atoms with Crippen LogP contribution in [0.3, 0.4) is 0 Å². The van der Waals surface area contributed by atoms with E-state index in [0.717, 1.165) is 5.56 Å². The molecule has 0 unspecified atom stereocenters. The van der Waals surface area contributed by atoms with Gasteiger partial charge in [0.1, 0.15) is 11.4 Å². The SMILES string of the molecule is COc1ccc(CN2C(=O)c3ccc(C(=O)Nc4nc(-c5ccccn5)cs4)cc3C2=O)cc1. The number of hydrogen-bond donors (Lipinski definition) is 1. The molecule has 0 spiro atoms. The Morgan fingerprint density at radius 3 is 2.53 bits per heavy atom. The van der Waals surface area contributed by atoms with Crippen LogP contribution in [0.25, 0.3) is 11.4 Å². The van der Waals surface area contributed by atoms with Crippen molar-refractivity contribution in [2.75, 3.05) is 12.4 Å². The number of nitrogens with zero attached hydrogens (tertiary/aromatic N) is 3. The molecule has 2 aromatic heterocycles. The van der Waals surface area contributed by atoms with Crippen LogP contribution in [0.1, 0.15) is 36.6 Å². The van der Waals surface area contributed by atoms with Gasteiger partial charge in [-0.2, -0.15) is 0 Å². The molecule has 9 heteroatoms. The van der Waals surface area contributed by atoms with E-state index in [-0.39, 0.29) is 29.1 Å². The molecule has 0 saturated carbocycles. The second kappa shape index (κ2) is 8.87. The van der Waals surface area contributed by atoms with Crippen molar-refractivity contribution in [1.82, 2.24) is 14.9 Å². The summed E-state index contributed by atoms with van der Waals surface area (Å²) in [6, 6.07) is 17.2. The number of fused-ring (bicyclic) bond motifs is 1. The van der Waals surface area contributed by atoms with Crippen LogP contribution in [0, 0.1) is 0 Å². The van der Waals surface area contributed by atoms with Gasteiger partial charge in [-0.15, -0.1) is 11.3 Å². The van der Waals surface area contributed by atoms with Crippen LogP contribution in [0.4, 0.5) is 5.13 Å². The number of hydrogen-bond acceptors (Lipinski definition) is 7. The molecule has 4 aromatic rings. The molecular formula is C25H18N4O4S. The monoisotopic (exact) mass is 470 g/mol. The molecule has 5 rings (SSSR count). The fraction of sp³-hybridized carbons (Fsp3) is 0.0800. The van der Waals surface area contributed by atoms with Gasteiger partial charge < -0.3 is 4.74 Å². The molecule has 1 aliphatic rings. The number of ether oxygens (including phenoxy) is 1. The van der Waals surface area contributed by atoms with Crippen LogP contribution in [0.5, 0.6) is 5.75 Å². The van der Waals surface area contributed by atoms with Crippen molar-refractivity contribution in [2.24, 2.45) is 0 Å². The molecule has 0 fully saturated rings. The first-order chi connectivity index (χ1) is 16.5. The molecule has 0 bridgehead atoms. The highest BCUT2D eigenvalue weighted by atomic mass is 32.1. The number of rotatable bonds is 6. The first-order valence-corrected chi connectivity index (χ1v) is 11.2. The van der Waals surface area contributed by atoms with Crippen molar-refractivity contribution in [3.05, 3.63) is 94.5 Å². The zero-order valence-corrected chi connectivity index (χ0v) is 18.8. The van der Waals surface area contributed by atoms with Gasteiger partial charge in [0.05, 0.1) is 30.5 Å². The average Bonchev–Trinajstić information content (AvgIpc) is 3.43. The van der Waals surface area contributed by atoms with Crippen LogP contribution in [0.15, 0.2) is 72.2 Å². The number of pyridine rings is 1. The number of thiazole rings is 1. The Kier molecular flexibility index (Phi) is 5.60. The summed E-state index contributed by atoms with van der Waals surface area (Å²) in [6.45, 7) is 0.132. The van der Waals surface area contributed by atoms with Crippen molar-refractivity contribution < 1.29 is 19.1 Å². The van der Waals surface area contributed by atoms with Gasteiger partial charge in [0.25, 0.3) is 17.7 Å². The molecular weight excluding hydrogens is 452 g/mol. The van der Waals surface area contributed by atoms with Crippen LogP contribution >= 0.6 is 11.3 Å². The van der Waals surface area contributed by atoms with Gasteiger partial charge in [-0.1, -0.05) is 18.2 Å². The highest BCUT2D eigenvalue weighted by molar-refractivity contribution is 7.14. The minimum atomic E-state index is -0.433. The molecule has 1 N–H and O–H groups in total. The van der Waals surface area contributed by atoms with Crippen LogP contribution in [-0.4, -0.2) is 39.7 Å². The van der Waals surface area contributed by atoms with Gasteiger partial charge >= 0.3 is 0 Å². The zero-order valence-electron chi connectivity index (χ0n) is 18.0. The molecule has 0 aliphatic carbocycles. The molecule has 0 atom stereocenters. The molecule has 0 radical (unpaired) electrons. The van der Waals surface area contributed by atoms with Crippen LogP contribution in [-0.2, 0) is 6.54 Å². The topological polar surface area (TPSA) is 101 Å². The van der Waals surface area contributed by atoms with Gasteiger partial charge in [-0.3, -0.25) is 29.6 Å². The Hall–Kier alpha value is -4.37. The highest BCUT2D eigenvalue weighted by Crippen LogP contribution is 2.27. The predicted octanol–water partition coefficient (Wildman–Crippen LogP) is 4.26. The number of methoxy groups -OCH3 is 1. The van der Waals surface area contributed by atoms with E-state index in [1.165, 1.54) is 34.4 Å². The largest absolute Gasteiger partial charge is 0.497 e. The van der Waals surface area contributed by atoms with Crippen molar-refractivity contribution >= 4 is 34.2 Å². The average molecular weight is 471 g/mol. The lowest BCUT2D eigenvalue weighted by molar-refractivity contribution is 0.0642. The number of nitrogens with one attached hydrogen (secondary N) is 1. The minimum absolute atomic E-state index is 0.132. The third-order valence-corrected chi connectivity index (χ3v) is 6.14. The van der Waals surface area contributed by atoms with Crippen molar-refractivity contribution in [3.8, 4) is 17.1 Å². The van der Waals surface area contributed by atoms with Gasteiger partial charge in [0.15, 0.2) is 5.13 Å². The third-order valence-electron chi connectivity index (χ3n) is 5.38. The number of imide groups is 1. The Labute approximate surface area is 198 Å². The van der Waals surface area contributed by atoms with Gasteiger partial charge in [-0.05, 0) is 48.0 Å². The van der Waals surface area contributed by atoms with E-state index in [9.17, 15) is 14.4 Å². The molecule has 8 nitrogen and oxygen atoms in total. The number of benzene rings is 2. The quantitative estimate of drug-likeness (QED) is 0.423. The summed E-state index contributed by atoms with van der Waals surface area (Å²) in [5, 5.41) is 4.96. The molecule has 3 heterocycles. The predicted molar refractivity (Wildman–Crippen MR) is 127 cm³/mol. The first kappa shape index (κ1) is 21.5. The summed E-state index contributed by atoms with van der Waals surface area (Å²) >= 11 is 1.28. The lowest BCUT2D eigenvalue weighted by Gasteiger charge is -2.14.